The number of nitro benzene ring substituents is 1. The highest BCUT2D eigenvalue weighted by Crippen LogP contribution is 2.18. The molecule has 0 heterocycles. The molecule has 1 aromatic rings. The van der Waals surface area contributed by atoms with Crippen LogP contribution in [0.25, 0.3) is 0 Å². The standard InChI is InChI=1S/C9H7F3N2O3/c10-9(11,12)8(13)17-5-6-1-3-7(4-2-6)14(15)16/h1-4,13H,5H2. The molecule has 0 unspecified atom stereocenters. The minimum absolute atomic E-state index is 0.167. The Morgan fingerprint density at radius 2 is 1.88 bits per heavy atom. The van der Waals surface area contributed by atoms with Crippen LogP contribution in [0.4, 0.5) is 18.9 Å². The monoisotopic (exact) mass is 248 g/mol. The first kappa shape index (κ1) is 12.9. The number of hydrogen-bond donors (Lipinski definition) is 1. The molecule has 0 bridgehead atoms. The third-order valence-electron chi connectivity index (χ3n) is 1.79. The summed E-state index contributed by atoms with van der Waals surface area (Å²) in [6.45, 7) is -0.462. The Bertz CT molecular complexity index is 428. The molecule has 1 rings (SSSR count). The van der Waals surface area contributed by atoms with Crippen molar-refractivity contribution in [2.45, 2.75) is 12.8 Å². The van der Waals surface area contributed by atoms with E-state index >= 15 is 0 Å². The van der Waals surface area contributed by atoms with E-state index in [1.54, 1.807) is 0 Å². The number of nitrogens with zero attached hydrogens (tertiary/aromatic N) is 1. The molecule has 92 valence electrons. The van der Waals surface area contributed by atoms with E-state index in [0.29, 0.717) is 5.56 Å². The number of halogens is 3. The molecule has 0 aliphatic rings. The van der Waals surface area contributed by atoms with Gasteiger partial charge in [-0.1, -0.05) is 0 Å². The maximum absolute atomic E-state index is 11.9. The Hall–Kier alpha value is -2.12. The SMILES string of the molecule is N=C(OCc1ccc([N+](=O)[O-])cc1)C(F)(F)F. The van der Waals surface area contributed by atoms with Gasteiger partial charge in [-0.2, -0.15) is 13.2 Å². The Morgan fingerprint density at radius 3 is 2.29 bits per heavy atom. The van der Waals surface area contributed by atoms with Crippen LogP contribution >= 0.6 is 0 Å². The lowest BCUT2D eigenvalue weighted by Gasteiger charge is -2.09. The smallest absolute Gasteiger partial charge is 0.467 e. The van der Waals surface area contributed by atoms with Gasteiger partial charge in [-0.15, -0.1) is 0 Å². The van der Waals surface area contributed by atoms with Gasteiger partial charge < -0.3 is 4.74 Å². The van der Waals surface area contributed by atoms with Crippen LogP contribution in [0.1, 0.15) is 5.56 Å². The molecule has 5 nitrogen and oxygen atoms in total. The van der Waals surface area contributed by atoms with E-state index in [-0.39, 0.29) is 5.69 Å². The third-order valence-corrected chi connectivity index (χ3v) is 1.79. The lowest BCUT2D eigenvalue weighted by atomic mass is 10.2. The van der Waals surface area contributed by atoms with Gasteiger partial charge in [-0.25, -0.2) is 0 Å². The van der Waals surface area contributed by atoms with E-state index in [1.807, 2.05) is 0 Å². The lowest BCUT2D eigenvalue weighted by Crippen LogP contribution is -2.24. The molecular weight excluding hydrogens is 241 g/mol. The Morgan fingerprint density at radius 1 is 1.35 bits per heavy atom. The van der Waals surface area contributed by atoms with Crippen molar-refractivity contribution in [2.75, 3.05) is 0 Å². The number of benzene rings is 1. The molecule has 0 saturated carbocycles. The zero-order valence-corrected chi connectivity index (χ0v) is 8.32. The van der Waals surface area contributed by atoms with Gasteiger partial charge >= 0.3 is 6.18 Å². The second-order valence-corrected chi connectivity index (χ2v) is 3.04. The molecule has 0 fully saturated rings. The van der Waals surface area contributed by atoms with Crippen LogP contribution in [0, 0.1) is 15.5 Å². The van der Waals surface area contributed by atoms with Crippen molar-refractivity contribution in [2.24, 2.45) is 0 Å². The Labute approximate surface area is 93.5 Å². The van der Waals surface area contributed by atoms with Crippen molar-refractivity contribution >= 4 is 11.6 Å². The molecule has 8 heteroatoms. The minimum Gasteiger partial charge on any atom is -0.470 e. The van der Waals surface area contributed by atoms with Crippen LogP contribution in [0.2, 0.25) is 0 Å². The molecule has 1 aromatic carbocycles. The number of nitro groups is 1. The summed E-state index contributed by atoms with van der Waals surface area (Å²) in [7, 11) is 0. The summed E-state index contributed by atoms with van der Waals surface area (Å²) in [4.78, 5) is 9.68. The summed E-state index contributed by atoms with van der Waals surface area (Å²) in [5, 5.41) is 16.8. The predicted octanol–water partition coefficient (Wildman–Crippen LogP) is 2.65. The molecule has 0 atom stereocenters. The van der Waals surface area contributed by atoms with Gasteiger partial charge in [-0.3, -0.25) is 15.5 Å². The predicted molar refractivity (Wildman–Crippen MR) is 51.7 cm³/mol. The first-order valence-electron chi connectivity index (χ1n) is 4.32. The third kappa shape index (κ3) is 3.74. The van der Waals surface area contributed by atoms with E-state index in [1.165, 1.54) is 12.1 Å². The van der Waals surface area contributed by atoms with Gasteiger partial charge in [0.05, 0.1) is 4.92 Å². The normalized spacial score (nSPS) is 11.0. The second-order valence-electron chi connectivity index (χ2n) is 3.04. The molecule has 0 saturated heterocycles. The number of non-ortho nitro benzene ring substituents is 1. The molecule has 0 aliphatic heterocycles. The average Bonchev–Trinajstić information content (AvgIpc) is 2.25. The topological polar surface area (TPSA) is 76.2 Å². The summed E-state index contributed by atoms with van der Waals surface area (Å²) in [6.07, 6.45) is -4.82. The van der Waals surface area contributed by atoms with Crippen molar-refractivity contribution < 1.29 is 22.8 Å². The molecule has 0 amide bonds. The Balaban J connectivity index is 2.59. The highest BCUT2D eigenvalue weighted by Gasteiger charge is 2.36. The summed E-state index contributed by atoms with van der Waals surface area (Å²) in [5.74, 6) is -1.80. The molecule has 1 N–H and O–H groups in total. The lowest BCUT2D eigenvalue weighted by molar-refractivity contribution is -0.384. The number of rotatable bonds is 3. The number of ether oxygens (including phenoxy) is 1. The zero-order valence-electron chi connectivity index (χ0n) is 8.32. The van der Waals surface area contributed by atoms with E-state index in [4.69, 9.17) is 5.41 Å². The quantitative estimate of drug-likeness (QED) is 0.386. The highest BCUT2D eigenvalue weighted by atomic mass is 19.4. The maximum Gasteiger partial charge on any atom is 0.467 e. The second kappa shape index (κ2) is 4.81. The first-order valence-corrected chi connectivity index (χ1v) is 4.32. The van der Waals surface area contributed by atoms with Crippen LogP contribution in [0.15, 0.2) is 24.3 Å². The minimum atomic E-state index is -4.82. The maximum atomic E-state index is 11.9. The fourth-order valence-electron chi connectivity index (χ4n) is 0.951. The fourth-order valence-corrected chi connectivity index (χ4v) is 0.951. The van der Waals surface area contributed by atoms with Crippen molar-refractivity contribution in [1.82, 2.24) is 0 Å². The van der Waals surface area contributed by atoms with Crippen molar-refractivity contribution in [3.8, 4) is 0 Å². The van der Waals surface area contributed by atoms with Gasteiger partial charge in [0.2, 0.25) is 0 Å². The molecule has 0 aliphatic carbocycles. The van der Waals surface area contributed by atoms with Crippen LogP contribution in [0.3, 0.4) is 0 Å². The van der Waals surface area contributed by atoms with Gasteiger partial charge in [0.15, 0.2) is 0 Å². The number of alkyl halides is 3. The van der Waals surface area contributed by atoms with Crippen LogP contribution in [0.5, 0.6) is 0 Å². The number of hydrogen-bond acceptors (Lipinski definition) is 4. The number of nitrogens with one attached hydrogen (secondary N) is 1. The van der Waals surface area contributed by atoms with Crippen molar-refractivity contribution in [1.29, 1.82) is 5.41 Å². The van der Waals surface area contributed by atoms with Gasteiger partial charge in [-0.05, 0) is 17.7 Å². The van der Waals surface area contributed by atoms with Gasteiger partial charge in [0.1, 0.15) is 6.61 Å². The fraction of sp³-hybridized carbons (Fsp3) is 0.222. The average molecular weight is 248 g/mol. The highest BCUT2D eigenvalue weighted by molar-refractivity contribution is 5.78. The van der Waals surface area contributed by atoms with E-state index in [2.05, 4.69) is 4.74 Å². The summed E-state index contributed by atoms with van der Waals surface area (Å²) >= 11 is 0. The summed E-state index contributed by atoms with van der Waals surface area (Å²) in [5.41, 5.74) is 0.143. The van der Waals surface area contributed by atoms with E-state index in [9.17, 15) is 23.3 Å². The first-order chi connectivity index (χ1) is 7.80. The van der Waals surface area contributed by atoms with Crippen LogP contribution < -0.4 is 0 Å². The molecule has 0 spiro atoms. The molecule has 0 aromatic heterocycles. The molecular formula is C9H7F3N2O3. The van der Waals surface area contributed by atoms with E-state index < -0.39 is 23.6 Å². The van der Waals surface area contributed by atoms with Crippen LogP contribution in [-0.4, -0.2) is 17.0 Å². The zero-order chi connectivity index (χ0) is 13.1. The summed E-state index contributed by atoms with van der Waals surface area (Å²) in [6, 6.07) is 4.83. The Kier molecular flexibility index (Phi) is 3.66. The van der Waals surface area contributed by atoms with Gasteiger partial charge in [0, 0.05) is 12.1 Å². The van der Waals surface area contributed by atoms with E-state index in [0.717, 1.165) is 12.1 Å². The van der Waals surface area contributed by atoms with Gasteiger partial charge in [0.25, 0.3) is 11.6 Å². The largest absolute Gasteiger partial charge is 0.470 e. The van der Waals surface area contributed by atoms with Crippen molar-refractivity contribution in [3.63, 3.8) is 0 Å². The summed E-state index contributed by atoms with van der Waals surface area (Å²) < 4.78 is 39.8. The molecule has 0 radical (unpaired) electrons. The molecule has 17 heavy (non-hydrogen) atoms. The van der Waals surface area contributed by atoms with Crippen molar-refractivity contribution in [3.05, 3.63) is 39.9 Å². The van der Waals surface area contributed by atoms with Crippen LogP contribution in [-0.2, 0) is 11.3 Å².